The lowest BCUT2D eigenvalue weighted by atomic mass is 10.1. The van der Waals surface area contributed by atoms with Crippen LogP contribution in [0.2, 0.25) is 0 Å². The van der Waals surface area contributed by atoms with Crippen molar-refractivity contribution in [3.63, 3.8) is 0 Å². The summed E-state index contributed by atoms with van der Waals surface area (Å²) in [5.74, 6) is 1.72. The summed E-state index contributed by atoms with van der Waals surface area (Å²) in [7, 11) is 0. The number of rotatable bonds is 8. The lowest BCUT2D eigenvalue weighted by Gasteiger charge is -2.11. The Morgan fingerprint density at radius 1 is 1.05 bits per heavy atom. The Kier molecular flexibility index (Phi) is 6.53. The van der Waals surface area contributed by atoms with Gasteiger partial charge in [-0.25, -0.2) is 19.3 Å². The third kappa shape index (κ3) is 5.18. The van der Waals surface area contributed by atoms with Crippen molar-refractivity contribution >= 4 is 11.6 Å². The Balaban J connectivity index is 1.48. The lowest BCUT2D eigenvalue weighted by Crippen LogP contribution is -2.10. The van der Waals surface area contributed by atoms with Crippen molar-refractivity contribution in [2.24, 2.45) is 5.92 Å². The van der Waals surface area contributed by atoms with E-state index in [4.69, 9.17) is 5.10 Å². The SMILES string of the molecule is Cc1nn(-c2cc(Nc3c(C)c(-c4ccc(OC(F)F)cc4)nn3CC3CC3)ncn2)c(C)c1C(F)(F)F. The highest BCUT2D eigenvalue weighted by Gasteiger charge is 2.37. The number of anilines is 2. The summed E-state index contributed by atoms with van der Waals surface area (Å²) < 4.78 is 72.9. The predicted molar refractivity (Wildman–Crippen MR) is 129 cm³/mol. The van der Waals surface area contributed by atoms with E-state index in [1.165, 1.54) is 38.4 Å². The number of benzene rings is 1. The van der Waals surface area contributed by atoms with Crippen LogP contribution in [0, 0.1) is 26.7 Å². The smallest absolute Gasteiger partial charge is 0.419 e. The van der Waals surface area contributed by atoms with Crippen molar-refractivity contribution in [1.82, 2.24) is 29.5 Å². The van der Waals surface area contributed by atoms with Crippen LogP contribution in [0.3, 0.4) is 0 Å². The summed E-state index contributed by atoms with van der Waals surface area (Å²) in [6, 6.07) is 7.73. The molecule has 0 radical (unpaired) electrons. The van der Waals surface area contributed by atoms with E-state index in [-0.39, 0.29) is 23.0 Å². The summed E-state index contributed by atoms with van der Waals surface area (Å²) in [6.07, 6.45) is -1.11. The van der Waals surface area contributed by atoms with Crippen molar-refractivity contribution in [3.05, 3.63) is 59.2 Å². The molecule has 0 saturated heterocycles. The van der Waals surface area contributed by atoms with E-state index in [9.17, 15) is 22.0 Å². The first-order chi connectivity index (χ1) is 18.0. The van der Waals surface area contributed by atoms with Gasteiger partial charge in [0.25, 0.3) is 0 Å². The molecule has 0 bridgehead atoms. The molecule has 1 saturated carbocycles. The molecule has 1 aromatic carbocycles. The summed E-state index contributed by atoms with van der Waals surface area (Å²) >= 11 is 0. The van der Waals surface area contributed by atoms with Crippen molar-refractivity contribution < 1.29 is 26.7 Å². The normalized spacial score (nSPS) is 13.8. The Labute approximate surface area is 214 Å². The number of nitrogens with one attached hydrogen (secondary N) is 1. The molecule has 3 aromatic heterocycles. The first-order valence-corrected chi connectivity index (χ1v) is 11.9. The van der Waals surface area contributed by atoms with Crippen LogP contribution in [0.15, 0.2) is 36.7 Å². The highest BCUT2D eigenvalue weighted by atomic mass is 19.4. The second-order valence-electron chi connectivity index (χ2n) is 9.19. The molecule has 0 amide bonds. The summed E-state index contributed by atoms with van der Waals surface area (Å²) in [4.78, 5) is 8.38. The first kappa shape index (κ1) is 25.6. The van der Waals surface area contributed by atoms with Gasteiger partial charge in [0.2, 0.25) is 0 Å². The van der Waals surface area contributed by atoms with Gasteiger partial charge in [0.05, 0.1) is 22.6 Å². The number of aryl methyl sites for hydroxylation is 1. The van der Waals surface area contributed by atoms with E-state index >= 15 is 0 Å². The molecule has 0 spiro atoms. The van der Waals surface area contributed by atoms with Crippen molar-refractivity contribution in [1.29, 1.82) is 0 Å². The molecule has 200 valence electrons. The molecule has 1 aliphatic carbocycles. The van der Waals surface area contributed by atoms with Gasteiger partial charge in [0, 0.05) is 23.7 Å². The zero-order chi connectivity index (χ0) is 27.2. The molecular weight excluding hydrogens is 509 g/mol. The van der Waals surface area contributed by atoms with Gasteiger partial charge in [0.15, 0.2) is 5.82 Å². The van der Waals surface area contributed by atoms with Crippen molar-refractivity contribution in [2.75, 3.05) is 5.32 Å². The average molecular weight is 534 g/mol. The van der Waals surface area contributed by atoms with Crippen molar-refractivity contribution in [2.45, 2.75) is 52.9 Å². The molecule has 13 heteroatoms. The summed E-state index contributed by atoms with van der Waals surface area (Å²) in [6.45, 7) is 2.27. The zero-order valence-corrected chi connectivity index (χ0v) is 20.7. The van der Waals surface area contributed by atoms with Crippen LogP contribution >= 0.6 is 0 Å². The van der Waals surface area contributed by atoms with E-state index in [2.05, 4.69) is 25.1 Å². The highest BCUT2D eigenvalue weighted by molar-refractivity contribution is 5.71. The largest absolute Gasteiger partial charge is 0.435 e. The van der Waals surface area contributed by atoms with Gasteiger partial charge in [-0.3, -0.25) is 0 Å². The maximum Gasteiger partial charge on any atom is 0.419 e. The molecule has 5 rings (SSSR count). The standard InChI is InChI=1S/C25H24F5N7O/c1-13-22(17-6-8-18(9-7-17)38-24(26)27)35-36(11-16-4-5-16)23(13)33-19-10-20(32-12-31-19)37-15(3)21(14(2)34-37)25(28,29)30/h6-10,12,16,24H,4-5,11H2,1-3H3,(H,31,32,33). The van der Waals surface area contributed by atoms with E-state index in [1.54, 1.807) is 12.1 Å². The second-order valence-corrected chi connectivity index (χ2v) is 9.19. The van der Waals surface area contributed by atoms with E-state index in [0.29, 0.717) is 35.4 Å². The summed E-state index contributed by atoms with van der Waals surface area (Å²) in [5.41, 5.74) is 1.15. The minimum Gasteiger partial charge on any atom is -0.435 e. The van der Waals surface area contributed by atoms with Crippen LogP contribution in [0.4, 0.5) is 33.6 Å². The Morgan fingerprint density at radius 3 is 2.37 bits per heavy atom. The van der Waals surface area contributed by atoms with E-state index < -0.39 is 18.4 Å². The van der Waals surface area contributed by atoms with Crippen LogP contribution in [-0.2, 0) is 12.7 Å². The van der Waals surface area contributed by atoms with E-state index in [0.717, 1.165) is 23.1 Å². The Hall–Kier alpha value is -4.03. The number of ether oxygens (including phenoxy) is 1. The summed E-state index contributed by atoms with van der Waals surface area (Å²) in [5, 5.41) is 12.1. The zero-order valence-electron chi connectivity index (χ0n) is 20.7. The number of aromatic nitrogens is 6. The number of hydrogen-bond acceptors (Lipinski definition) is 6. The lowest BCUT2D eigenvalue weighted by molar-refractivity contribution is -0.138. The predicted octanol–water partition coefficient (Wildman–Crippen LogP) is 6.22. The van der Waals surface area contributed by atoms with Gasteiger partial charge in [-0.1, -0.05) is 0 Å². The van der Waals surface area contributed by atoms with Gasteiger partial charge >= 0.3 is 12.8 Å². The molecule has 8 nitrogen and oxygen atoms in total. The first-order valence-electron chi connectivity index (χ1n) is 11.9. The maximum absolute atomic E-state index is 13.5. The molecular formula is C25H24F5N7O. The van der Waals surface area contributed by atoms with Gasteiger partial charge in [-0.05, 0) is 63.8 Å². The molecule has 1 aliphatic rings. The molecule has 0 atom stereocenters. The third-order valence-corrected chi connectivity index (χ3v) is 6.36. The van der Waals surface area contributed by atoms with E-state index in [1.807, 2.05) is 11.6 Å². The topological polar surface area (TPSA) is 82.7 Å². The minimum absolute atomic E-state index is 0.0449. The monoisotopic (exact) mass is 533 g/mol. The maximum atomic E-state index is 13.5. The van der Waals surface area contributed by atoms with Gasteiger partial charge in [0.1, 0.15) is 23.7 Å². The molecule has 4 aromatic rings. The molecule has 0 aliphatic heterocycles. The molecule has 3 heterocycles. The van der Waals surface area contributed by atoms with Crippen molar-refractivity contribution in [3.8, 4) is 22.8 Å². The van der Waals surface area contributed by atoms with Crippen LogP contribution in [0.5, 0.6) is 5.75 Å². The molecule has 1 N–H and O–H groups in total. The molecule has 1 fully saturated rings. The number of alkyl halides is 5. The quantitative estimate of drug-likeness (QED) is 0.271. The number of hydrogen-bond donors (Lipinski definition) is 1. The number of halogens is 5. The fraction of sp³-hybridized carbons (Fsp3) is 0.360. The van der Waals surface area contributed by atoms with Crippen LogP contribution < -0.4 is 10.1 Å². The fourth-order valence-corrected chi connectivity index (χ4v) is 4.38. The minimum atomic E-state index is -4.53. The second kappa shape index (κ2) is 9.69. The average Bonchev–Trinajstić information content (AvgIpc) is 3.54. The van der Waals surface area contributed by atoms with Gasteiger partial charge < -0.3 is 10.1 Å². The third-order valence-electron chi connectivity index (χ3n) is 6.36. The molecule has 0 unspecified atom stereocenters. The van der Waals surface area contributed by atoms with Crippen LogP contribution in [0.25, 0.3) is 17.1 Å². The highest BCUT2D eigenvalue weighted by Crippen LogP contribution is 2.37. The fourth-order valence-electron chi connectivity index (χ4n) is 4.38. The Morgan fingerprint density at radius 2 is 1.76 bits per heavy atom. The van der Waals surface area contributed by atoms with Crippen LogP contribution in [-0.4, -0.2) is 36.1 Å². The van der Waals surface area contributed by atoms with Gasteiger partial charge in [-0.15, -0.1) is 0 Å². The van der Waals surface area contributed by atoms with Gasteiger partial charge in [-0.2, -0.15) is 32.1 Å². The van der Waals surface area contributed by atoms with Crippen LogP contribution in [0.1, 0.15) is 35.4 Å². The Bertz CT molecular complexity index is 1460. The molecule has 38 heavy (non-hydrogen) atoms. The number of nitrogens with zero attached hydrogens (tertiary/aromatic N) is 6.